The number of rotatable bonds is 7. The number of carboxylic acids is 1. The Labute approximate surface area is 122 Å². The number of methoxy groups -OCH3 is 1. The number of aromatic carboxylic acids is 1. The number of ether oxygens (including phenoxy) is 2. The molecule has 0 saturated carbocycles. The zero-order chi connectivity index (χ0) is 15.2. The molecule has 2 rings (SSSR count). The summed E-state index contributed by atoms with van der Waals surface area (Å²) in [7, 11) is 1.56. The molecule has 6 heteroatoms. The van der Waals surface area contributed by atoms with Gasteiger partial charge >= 0.3 is 5.97 Å². The number of benzene rings is 1. The first-order valence-corrected chi connectivity index (χ1v) is 6.65. The van der Waals surface area contributed by atoms with Gasteiger partial charge in [0.25, 0.3) is 0 Å². The quantitative estimate of drug-likeness (QED) is 0.789. The molecule has 0 aliphatic rings. The van der Waals surface area contributed by atoms with Gasteiger partial charge in [-0.3, -0.25) is 0 Å². The maximum atomic E-state index is 10.8. The largest absolute Gasteiger partial charge is 0.493 e. The fourth-order valence-corrected chi connectivity index (χ4v) is 1.75. The van der Waals surface area contributed by atoms with Gasteiger partial charge in [-0.05, 0) is 24.6 Å². The number of nitrogens with zero attached hydrogens (tertiary/aromatic N) is 1. The van der Waals surface area contributed by atoms with Crippen molar-refractivity contribution in [2.75, 3.05) is 13.7 Å². The number of carboxylic acid groups (broad SMARTS) is 1. The molecule has 2 aromatic rings. The molecular formula is C15H17NO5. The molecule has 0 unspecified atom stereocenters. The van der Waals surface area contributed by atoms with Gasteiger partial charge in [0.15, 0.2) is 17.2 Å². The summed E-state index contributed by atoms with van der Waals surface area (Å²) >= 11 is 0. The van der Waals surface area contributed by atoms with Crippen LogP contribution in [0.15, 0.2) is 28.9 Å². The van der Waals surface area contributed by atoms with Gasteiger partial charge in [0.2, 0.25) is 5.89 Å². The molecule has 0 bridgehead atoms. The van der Waals surface area contributed by atoms with Crippen molar-refractivity contribution in [2.45, 2.75) is 19.8 Å². The molecule has 6 nitrogen and oxygen atoms in total. The van der Waals surface area contributed by atoms with Crippen LogP contribution in [-0.4, -0.2) is 29.8 Å². The van der Waals surface area contributed by atoms with Crippen molar-refractivity contribution in [3.63, 3.8) is 0 Å². The molecule has 1 aromatic carbocycles. The summed E-state index contributed by atoms with van der Waals surface area (Å²) in [5.74, 6) is 0.298. The van der Waals surface area contributed by atoms with E-state index >= 15 is 0 Å². The van der Waals surface area contributed by atoms with E-state index in [2.05, 4.69) is 11.9 Å². The lowest BCUT2D eigenvalue weighted by molar-refractivity contribution is 0.0690. The summed E-state index contributed by atoms with van der Waals surface area (Å²) in [4.78, 5) is 14.7. The van der Waals surface area contributed by atoms with Crippen LogP contribution in [0.2, 0.25) is 0 Å². The molecule has 1 N–H and O–H groups in total. The van der Waals surface area contributed by atoms with Gasteiger partial charge in [0.1, 0.15) is 6.26 Å². The first kappa shape index (κ1) is 14.9. The van der Waals surface area contributed by atoms with Crippen molar-refractivity contribution in [2.24, 2.45) is 0 Å². The second-order valence-corrected chi connectivity index (χ2v) is 4.41. The lowest BCUT2D eigenvalue weighted by atomic mass is 10.2. The smallest absolute Gasteiger partial charge is 0.357 e. The Morgan fingerprint density at radius 3 is 2.81 bits per heavy atom. The fraction of sp³-hybridized carbons (Fsp3) is 0.333. The van der Waals surface area contributed by atoms with Crippen LogP contribution in [0.1, 0.15) is 30.3 Å². The average Bonchev–Trinajstić information content (AvgIpc) is 2.97. The van der Waals surface area contributed by atoms with E-state index in [0.717, 1.165) is 19.1 Å². The van der Waals surface area contributed by atoms with E-state index in [1.165, 1.54) is 0 Å². The summed E-state index contributed by atoms with van der Waals surface area (Å²) < 4.78 is 16.1. The standard InChI is InChI=1S/C15H17NO5/c1-3-4-7-20-13-8-10(5-6-12(13)19-2)14-16-11(9-21-14)15(17)18/h5-6,8-9H,3-4,7H2,1-2H3,(H,17,18). The van der Waals surface area contributed by atoms with Crippen LogP contribution in [0.4, 0.5) is 0 Å². The molecule has 1 aromatic heterocycles. The molecule has 0 radical (unpaired) electrons. The van der Waals surface area contributed by atoms with Crippen LogP contribution in [0.5, 0.6) is 11.5 Å². The van der Waals surface area contributed by atoms with Gasteiger partial charge in [-0.2, -0.15) is 0 Å². The van der Waals surface area contributed by atoms with Crippen LogP contribution >= 0.6 is 0 Å². The first-order valence-electron chi connectivity index (χ1n) is 6.65. The summed E-state index contributed by atoms with van der Waals surface area (Å²) in [6, 6.07) is 5.20. The minimum Gasteiger partial charge on any atom is -0.493 e. The van der Waals surface area contributed by atoms with Gasteiger partial charge < -0.3 is 19.0 Å². The van der Waals surface area contributed by atoms with Gasteiger partial charge in [0, 0.05) is 5.56 Å². The number of oxazole rings is 1. The normalized spacial score (nSPS) is 10.4. The second-order valence-electron chi connectivity index (χ2n) is 4.41. The molecule has 21 heavy (non-hydrogen) atoms. The zero-order valence-electron chi connectivity index (χ0n) is 12.0. The minimum atomic E-state index is -1.13. The van der Waals surface area contributed by atoms with Crippen LogP contribution in [0, 0.1) is 0 Å². The molecule has 0 aliphatic heterocycles. The maximum absolute atomic E-state index is 10.8. The molecule has 0 saturated heterocycles. The van der Waals surface area contributed by atoms with E-state index in [9.17, 15) is 4.79 Å². The van der Waals surface area contributed by atoms with Crippen LogP contribution < -0.4 is 9.47 Å². The Hall–Kier alpha value is -2.50. The summed E-state index contributed by atoms with van der Waals surface area (Å²) in [6.45, 7) is 2.67. The number of hydrogen-bond acceptors (Lipinski definition) is 5. The predicted molar refractivity (Wildman–Crippen MR) is 75.9 cm³/mol. The zero-order valence-corrected chi connectivity index (χ0v) is 12.0. The summed E-state index contributed by atoms with van der Waals surface area (Å²) in [5.41, 5.74) is 0.504. The van der Waals surface area contributed by atoms with E-state index in [-0.39, 0.29) is 11.6 Å². The van der Waals surface area contributed by atoms with E-state index in [1.54, 1.807) is 25.3 Å². The third-order valence-electron chi connectivity index (χ3n) is 2.89. The monoisotopic (exact) mass is 291 g/mol. The van der Waals surface area contributed by atoms with E-state index in [1.807, 2.05) is 0 Å². The molecular weight excluding hydrogens is 274 g/mol. The molecule has 0 fully saturated rings. The SMILES string of the molecule is CCCCOc1cc(-c2nc(C(=O)O)co2)ccc1OC. The highest BCUT2D eigenvalue weighted by Gasteiger charge is 2.14. The average molecular weight is 291 g/mol. The van der Waals surface area contributed by atoms with Crippen LogP contribution in [0.25, 0.3) is 11.5 Å². The summed E-state index contributed by atoms with van der Waals surface area (Å²) in [5, 5.41) is 8.86. The molecule has 0 amide bonds. The molecule has 112 valence electrons. The predicted octanol–water partition coefficient (Wildman–Crippen LogP) is 3.23. The number of hydrogen-bond donors (Lipinski definition) is 1. The Balaban J connectivity index is 2.27. The van der Waals surface area contributed by atoms with Gasteiger partial charge in [0.05, 0.1) is 13.7 Å². The van der Waals surface area contributed by atoms with Gasteiger partial charge in [-0.1, -0.05) is 13.3 Å². The van der Waals surface area contributed by atoms with E-state index in [0.29, 0.717) is 23.7 Å². The Morgan fingerprint density at radius 2 is 2.19 bits per heavy atom. The highest BCUT2D eigenvalue weighted by atomic mass is 16.5. The maximum Gasteiger partial charge on any atom is 0.357 e. The molecule has 0 atom stereocenters. The first-order chi connectivity index (χ1) is 10.2. The number of aromatic nitrogens is 1. The van der Waals surface area contributed by atoms with Crippen LogP contribution in [-0.2, 0) is 0 Å². The van der Waals surface area contributed by atoms with Crippen molar-refractivity contribution in [3.05, 3.63) is 30.2 Å². The molecule has 0 aliphatic carbocycles. The van der Waals surface area contributed by atoms with Crippen molar-refractivity contribution in [1.29, 1.82) is 0 Å². The van der Waals surface area contributed by atoms with Crippen molar-refractivity contribution >= 4 is 5.97 Å². The minimum absolute atomic E-state index is 0.130. The van der Waals surface area contributed by atoms with E-state index < -0.39 is 5.97 Å². The van der Waals surface area contributed by atoms with Crippen LogP contribution in [0.3, 0.4) is 0 Å². The van der Waals surface area contributed by atoms with Crippen molar-refractivity contribution < 1.29 is 23.8 Å². The third kappa shape index (κ3) is 3.53. The van der Waals surface area contributed by atoms with Gasteiger partial charge in [-0.25, -0.2) is 9.78 Å². The molecule has 0 spiro atoms. The Morgan fingerprint density at radius 1 is 1.38 bits per heavy atom. The lowest BCUT2D eigenvalue weighted by Crippen LogP contribution is -1.99. The topological polar surface area (TPSA) is 81.8 Å². The fourth-order valence-electron chi connectivity index (χ4n) is 1.75. The highest BCUT2D eigenvalue weighted by Crippen LogP contribution is 2.32. The molecule has 1 heterocycles. The Bertz CT molecular complexity index is 620. The number of unbranched alkanes of at least 4 members (excludes halogenated alkanes) is 1. The van der Waals surface area contributed by atoms with Crippen molar-refractivity contribution in [1.82, 2.24) is 4.98 Å². The number of carbonyl (C=O) groups is 1. The lowest BCUT2D eigenvalue weighted by Gasteiger charge is -2.11. The van der Waals surface area contributed by atoms with E-state index in [4.69, 9.17) is 19.0 Å². The summed E-state index contributed by atoms with van der Waals surface area (Å²) in [6.07, 6.45) is 3.08. The Kier molecular flexibility index (Phi) is 4.81. The van der Waals surface area contributed by atoms with Gasteiger partial charge in [-0.15, -0.1) is 0 Å². The van der Waals surface area contributed by atoms with Crippen molar-refractivity contribution in [3.8, 4) is 23.0 Å². The highest BCUT2D eigenvalue weighted by molar-refractivity contribution is 5.85. The second kappa shape index (κ2) is 6.78. The third-order valence-corrected chi connectivity index (χ3v) is 2.89.